The van der Waals surface area contributed by atoms with Gasteiger partial charge in [0.15, 0.2) is 6.61 Å². The molecule has 0 unspecified atom stereocenters. The molecule has 1 aliphatic heterocycles. The van der Waals surface area contributed by atoms with E-state index in [1.54, 1.807) is 0 Å². The van der Waals surface area contributed by atoms with Crippen LogP contribution in [0.15, 0.2) is 48.7 Å². The summed E-state index contributed by atoms with van der Waals surface area (Å²) in [6.45, 7) is 5.01. The lowest BCUT2D eigenvalue weighted by Gasteiger charge is -2.11. The number of ether oxygens (including phenoxy) is 1. The molecule has 0 saturated carbocycles. The number of rotatable bonds is 5. The Morgan fingerprint density at radius 3 is 2.75 bits per heavy atom. The average molecular weight is 375 g/mol. The van der Waals surface area contributed by atoms with E-state index in [1.165, 1.54) is 18.7 Å². The van der Waals surface area contributed by atoms with E-state index in [-0.39, 0.29) is 12.5 Å². The minimum absolute atomic E-state index is 0.0141. The molecule has 2 heterocycles. The van der Waals surface area contributed by atoms with Gasteiger partial charge >= 0.3 is 0 Å². The highest BCUT2D eigenvalue weighted by Gasteiger charge is 2.13. The van der Waals surface area contributed by atoms with Crippen molar-refractivity contribution in [2.24, 2.45) is 0 Å². The fourth-order valence-electron chi connectivity index (χ4n) is 3.48. The number of hydrogen-bond donors (Lipinski definition) is 1. The number of fused-ring (bicyclic) bond motifs is 1. The van der Waals surface area contributed by atoms with Gasteiger partial charge in [0.05, 0.1) is 5.69 Å². The predicted molar refractivity (Wildman–Crippen MR) is 111 cm³/mol. The Balaban J connectivity index is 1.37. The summed E-state index contributed by atoms with van der Waals surface area (Å²) >= 11 is 0. The number of benzene rings is 2. The topological polar surface area (TPSA) is 56.1 Å². The van der Waals surface area contributed by atoms with Crippen LogP contribution in [0.5, 0.6) is 5.75 Å². The lowest BCUT2D eigenvalue weighted by Crippen LogP contribution is -2.20. The van der Waals surface area contributed by atoms with Crippen molar-refractivity contribution in [3.63, 3.8) is 0 Å². The highest BCUT2D eigenvalue weighted by molar-refractivity contribution is 5.92. The van der Waals surface area contributed by atoms with Crippen molar-refractivity contribution in [3.05, 3.63) is 65.6 Å². The molecule has 0 radical (unpaired) electrons. The van der Waals surface area contributed by atoms with Gasteiger partial charge in [-0.25, -0.2) is 4.98 Å². The molecule has 5 nitrogen and oxygen atoms in total. The molecule has 1 N–H and O–H groups in total. The highest BCUT2D eigenvalue weighted by atomic mass is 16.5. The number of nitrogens with one attached hydrogen (secondary N) is 1. The molecule has 0 spiro atoms. The molecule has 28 heavy (non-hydrogen) atoms. The molecule has 0 saturated heterocycles. The molecule has 5 heteroatoms. The van der Waals surface area contributed by atoms with Gasteiger partial charge in [0.2, 0.25) is 0 Å². The first-order valence-electron chi connectivity index (χ1n) is 9.75. The number of amides is 1. The van der Waals surface area contributed by atoms with Crippen LogP contribution in [0.3, 0.4) is 0 Å². The second-order valence-corrected chi connectivity index (χ2v) is 7.38. The molecule has 144 valence electrons. The number of imidazole rings is 1. The zero-order valence-electron chi connectivity index (χ0n) is 16.4. The SMILES string of the molecule is Cc1ccc(C)c(OCC(=O)Nc2ccc(-c3cn4c(n3)CCCC4)cc2)c1. The second kappa shape index (κ2) is 7.89. The summed E-state index contributed by atoms with van der Waals surface area (Å²) in [5.74, 6) is 1.74. The minimum atomic E-state index is -0.175. The van der Waals surface area contributed by atoms with Crippen molar-refractivity contribution < 1.29 is 9.53 Å². The van der Waals surface area contributed by atoms with Crippen LogP contribution in [-0.2, 0) is 17.8 Å². The molecule has 0 fully saturated rings. The molecule has 3 aromatic rings. The van der Waals surface area contributed by atoms with Crippen LogP contribution in [0, 0.1) is 13.8 Å². The lowest BCUT2D eigenvalue weighted by atomic mass is 10.1. The van der Waals surface area contributed by atoms with E-state index >= 15 is 0 Å². The molecule has 1 aromatic heterocycles. The van der Waals surface area contributed by atoms with Crippen LogP contribution in [-0.4, -0.2) is 22.1 Å². The zero-order chi connectivity index (χ0) is 19.5. The van der Waals surface area contributed by atoms with Crippen molar-refractivity contribution in [3.8, 4) is 17.0 Å². The van der Waals surface area contributed by atoms with Crippen LogP contribution in [0.25, 0.3) is 11.3 Å². The number of aryl methyl sites for hydroxylation is 4. The van der Waals surface area contributed by atoms with Crippen LogP contribution < -0.4 is 10.1 Å². The Hall–Kier alpha value is -3.08. The maximum atomic E-state index is 12.2. The van der Waals surface area contributed by atoms with Crippen molar-refractivity contribution >= 4 is 11.6 Å². The molecule has 0 aliphatic carbocycles. The van der Waals surface area contributed by atoms with Gasteiger partial charge in [0.1, 0.15) is 11.6 Å². The molecule has 0 bridgehead atoms. The fraction of sp³-hybridized carbons (Fsp3) is 0.304. The first-order chi connectivity index (χ1) is 13.6. The number of nitrogens with zero attached hydrogens (tertiary/aromatic N) is 2. The summed E-state index contributed by atoms with van der Waals surface area (Å²) in [4.78, 5) is 17.0. The average Bonchev–Trinajstić information content (AvgIpc) is 3.13. The molecular formula is C23H25N3O2. The zero-order valence-corrected chi connectivity index (χ0v) is 16.4. The van der Waals surface area contributed by atoms with Gasteiger partial charge in [-0.05, 0) is 56.0 Å². The van der Waals surface area contributed by atoms with Crippen molar-refractivity contribution in [1.29, 1.82) is 0 Å². The number of carbonyl (C=O) groups is 1. The van der Waals surface area contributed by atoms with Crippen LogP contribution in [0.4, 0.5) is 5.69 Å². The van der Waals surface area contributed by atoms with Gasteiger partial charge < -0.3 is 14.6 Å². The van der Waals surface area contributed by atoms with Gasteiger partial charge in [0, 0.05) is 30.4 Å². The first-order valence-corrected chi connectivity index (χ1v) is 9.75. The summed E-state index contributed by atoms with van der Waals surface area (Å²) in [5, 5.41) is 2.88. The molecule has 1 amide bonds. The number of aromatic nitrogens is 2. The predicted octanol–water partition coefficient (Wildman–Crippen LogP) is 4.52. The van der Waals surface area contributed by atoms with Gasteiger partial charge in [0.25, 0.3) is 5.91 Å². The highest BCUT2D eigenvalue weighted by Crippen LogP contribution is 2.24. The maximum Gasteiger partial charge on any atom is 0.262 e. The van der Waals surface area contributed by atoms with E-state index in [1.807, 2.05) is 56.3 Å². The number of hydrogen-bond acceptors (Lipinski definition) is 3. The third-order valence-electron chi connectivity index (χ3n) is 5.08. The Kier molecular flexibility index (Phi) is 5.15. The summed E-state index contributed by atoms with van der Waals surface area (Å²) < 4.78 is 7.92. The second-order valence-electron chi connectivity index (χ2n) is 7.38. The Morgan fingerprint density at radius 2 is 1.96 bits per heavy atom. The summed E-state index contributed by atoms with van der Waals surface area (Å²) in [6.07, 6.45) is 5.61. The van der Waals surface area contributed by atoms with Gasteiger partial charge in [-0.15, -0.1) is 0 Å². The normalized spacial score (nSPS) is 13.1. The molecule has 0 atom stereocenters. The Bertz CT molecular complexity index is 966. The molecule has 1 aliphatic rings. The summed E-state index contributed by atoms with van der Waals surface area (Å²) in [6, 6.07) is 13.8. The Morgan fingerprint density at radius 1 is 1.14 bits per heavy atom. The molecule has 2 aromatic carbocycles. The van der Waals surface area contributed by atoms with E-state index in [0.29, 0.717) is 0 Å². The van der Waals surface area contributed by atoms with Crippen LogP contribution >= 0.6 is 0 Å². The maximum absolute atomic E-state index is 12.2. The van der Waals surface area contributed by atoms with Crippen molar-refractivity contribution in [1.82, 2.24) is 9.55 Å². The third-order valence-corrected chi connectivity index (χ3v) is 5.08. The first kappa shape index (κ1) is 18.3. The smallest absolute Gasteiger partial charge is 0.262 e. The van der Waals surface area contributed by atoms with Crippen LogP contribution in [0.1, 0.15) is 29.8 Å². The summed E-state index contributed by atoms with van der Waals surface area (Å²) in [7, 11) is 0. The lowest BCUT2D eigenvalue weighted by molar-refractivity contribution is -0.118. The largest absolute Gasteiger partial charge is 0.483 e. The van der Waals surface area contributed by atoms with Gasteiger partial charge in [-0.3, -0.25) is 4.79 Å². The van der Waals surface area contributed by atoms with E-state index in [0.717, 1.165) is 46.8 Å². The van der Waals surface area contributed by atoms with E-state index < -0.39 is 0 Å². The van der Waals surface area contributed by atoms with E-state index in [4.69, 9.17) is 9.72 Å². The number of anilines is 1. The van der Waals surface area contributed by atoms with Gasteiger partial charge in [-0.2, -0.15) is 0 Å². The van der Waals surface area contributed by atoms with Gasteiger partial charge in [-0.1, -0.05) is 24.3 Å². The Labute approximate surface area is 165 Å². The molecule has 4 rings (SSSR count). The van der Waals surface area contributed by atoms with Crippen molar-refractivity contribution in [2.45, 2.75) is 39.7 Å². The van der Waals surface area contributed by atoms with E-state index in [2.05, 4.69) is 16.1 Å². The quantitative estimate of drug-likeness (QED) is 0.713. The third kappa shape index (κ3) is 4.09. The van der Waals surface area contributed by atoms with Crippen molar-refractivity contribution in [2.75, 3.05) is 11.9 Å². The standard InChI is InChI=1S/C23H25N3O2/c1-16-6-7-17(2)21(13-16)28-15-23(27)24-19-10-8-18(9-11-19)20-14-26-12-4-3-5-22(26)25-20/h6-11,13-14H,3-5,12,15H2,1-2H3,(H,24,27). The minimum Gasteiger partial charge on any atom is -0.483 e. The van der Waals surface area contributed by atoms with Crippen LogP contribution in [0.2, 0.25) is 0 Å². The number of carbonyl (C=O) groups excluding carboxylic acids is 1. The summed E-state index contributed by atoms with van der Waals surface area (Å²) in [5.41, 5.74) is 4.94. The monoisotopic (exact) mass is 375 g/mol. The molecular weight excluding hydrogens is 350 g/mol. The fourth-order valence-corrected chi connectivity index (χ4v) is 3.48. The van der Waals surface area contributed by atoms with E-state index in [9.17, 15) is 4.79 Å².